The SMILES string of the molecule is CCC1(C)NCN(CCC(C)(C)C)C1=O. The molecule has 1 unspecified atom stereocenters. The summed E-state index contributed by atoms with van der Waals surface area (Å²) in [4.78, 5) is 14.0. The predicted octanol–water partition coefficient (Wildman–Crippen LogP) is 1.98. The monoisotopic (exact) mass is 212 g/mol. The van der Waals surface area contributed by atoms with Gasteiger partial charge in [-0.25, -0.2) is 0 Å². The Hall–Kier alpha value is -0.570. The van der Waals surface area contributed by atoms with E-state index < -0.39 is 0 Å². The molecule has 0 spiro atoms. The lowest BCUT2D eigenvalue weighted by molar-refractivity contribution is -0.132. The number of hydrogen-bond donors (Lipinski definition) is 1. The largest absolute Gasteiger partial charge is 0.328 e. The third-order valence-corrected chi connectivity index (χ3v) is 3.26. The summed E-state index contributed by atoms with van der Waals surface area (Å²) in [6, 6.07) is 0. The molecule has 1 fully saturated rings. The van der Waals surface area contributed by atoms with E-state index in [0.29, 0.717) is 12.1 Å². The van der Waals surface area contributed by atoms with Crippen molar-refractivity contribution in [1.29, 1.82) is 0 Å². The number of carbonyl (C=O) groups excluding carboxylic acids is 1. The maximum absolute atomic E-state index is 12.0. The maximum Gasteiger partial charge on any atom is 0.243 e. The second-order valence-electron chi connectivity index (χ2n) is 5.90. The Morgan fingerprint density at radius 3 is 2.47 bits per heavy atom. The van der Waals surface area contributed by atoms with Crippen molar-refractivity contribution in [3.05, 3.63) is 0 Å². The highest BCUT2D eigenvalue weighted by Gasteiger charge is 2.40. The number of nitrogens with zero attached hydrogens (tertiary/aromatic N) is 1. The molecule has 0 aliphatic carbocycles. The lowest BCUT2D eigenvalue weighted by atomic mass is 9.92. The number of hydrogen-bond acceptors (Lipinski definition) is 2. The van der Waals surface area contributed by atoms with Crippen LogP contribution < -0.4 is 5.32 Å². The summed E-state index contributed by atoms with van der Waals surface area (Å²) in [6.07, 6.45) is 1.91. The van der Waals surface area contributed by atoms with Crippen molar-refractivity contribution in [2.75, 3.05) is 13.2 Å². The summed E-state index contributed by atoms with van der Waals surface area (Å²) in [6.45, 7) is 12.2. The molecule has 1 aliphatic rings. The third kappa shape index (κ3) is 2.94. The van der Waals surface area contributed by atoms with Crippen LogP contribution in [0, 0.1) is 5.41 Å². The van der Waals surface area contributed by atoms with Crippen LogP contribution in [0.15, 0.2) is 0 Å². The van der Waals surface area contributed by atoms with Crippen molar-refractivity contribution in [3.63, 3.8) is 0 Å². The molecule has 88 valence electrons. The molecule has 1 atom stereocenters. The van der Waals surface area contributed by atoms with E-state index in [2.05, 4.69) is 33.0 Å². The van der Waals surface area contributed by atoms with Crippen LogP contribution in [0.3, 0.4) is 0 Å². The van der Waals surface area contributed by atoms with Crippen LogP contribution in [0.5, 0.6) is 0 Å². The second kappa shape index (κ2) is 4.12. The van der Waals surface area contributed by atoms with E-state index in [1.54, 1.807) is 0 Å². The minimum absolute atomic E-state index is 0.259. The highest BCUT2D eigenvalue weighted by Crippen LogP contribution is 2.23. The fourth-order valence-corrected chi connectivity index (χ4v) is 1.69. The molecule has 3 heteroatoms. The van der Waals surface area contributed by atoms with E-state index in [1.807, 2.05) is 11.8 Å². The lowest BCUT2D eigenvalue weighted by Gasteiger charge is -2.24. The average Bonchev–Trinajstić information content (AvgIpc) is 2.41. The smallest absolute Gasteiger partial charge is 0.243 e. The molecule has 1 heterocycles. The van der Waals surface area contributed by atoms with Crippen molar-refractivity contribution in [3.8, 4) is 0 Å². The van der Waals surface area contributed by atoms with Crippen molar-refractivity contribution in [2.45, 2.75) is 53.0 Å². The Bertz CT molecular complexity index is 244. The molecule has 0 aromatic heterocycles. The molecular weight excluding hydrogens is 188 g/mol. The zero-order valence-corrected chi connectivity index (χ0v) is 10.7. The summed E-state index contributed by atoms with van der Waals surface area (Å²) in [5, 5.41) is 3.30. The molecule has 1 amide bonds. The normalized spacial score (nSPS) is 27.5. The molecule has 0 aromatic carbocycles. The van der Waals surface area contributed by atoms with Gasteiger partial charge < -0.3 is 4.90 Å². The van der Waals surface area contributed by atoms with E-state index in [4.69, 9.17) is 0 Å². The highest BCUT2D eigenvalue weighted by molar-refractivity contribution is 5.87. The lowest BCUT2D eigenvalue weighted by Crippen LogP contribution is -2.43. The molecule has 1 N–H and O–H groups in total. The maximum atomic E-state index is 12.0. The van der Waals surface area contributed by atoms with Crippen molar-refractivity contribution in [1.82, 2.24) is 10.2 Å². The summed E-state index contributed by atoms with van der Waals surface area (Å²) < 4.78 is 0. The summed E-state index contributed by atoms with van der Waals surface area (Å²) >= 11 is 0. The Morgan fingerprint density at radius 1 is 1.47 bits per heavy atom. The number of amides is 1. The van der Waals surface area contributed by atoms with E-state index >= 15 is 0 Å². The van der Waals surface area contributed by atoms with Gasteiger partial charge in [0.1, 0.15) is 0 Å². The summed E-state index contributed by atoms with van der Waals surface area (Å²) in [7, 11) is 0. The Morgan fingerprint density at radius 2 is 2.07 bits per heavy atom. The zero-order chi connectivity index (χ0) is 11.7. The molecular formula is C12H24N2O. The summed E-state index contributed by atoms with van der Waals surface area (Å²) in [5.41, 5.74) is -0.0244. The van der Waals surface area contributed by atoms with Crippen molar-refractivity contribution >= 4 is 5.91 Å². The van der Waals surface area contributed by atoms with Gasteiger partial charge in [-0.15, -0.1) is 0 Å². The molecule has 1 rings (SSSR count). The Kier molecular flexibility index (Phi) is 3.44. The topological polar surface area (TPSA) is 32.3 Å². The van der Waals surface area contributed by atoms with Gasteiger partial charge in [0.15, 0.2) is 0 Å². The van der Waals surface area contributed by atoms with Gasteiger partial charge in [-0.3, -0.25) is 10.1 Å². The van der Waals surface area contributed by atoms with Crippen LogP contribution >= 0.6 is 0 Å². The Balaban J connectivity index is 2.51. The van der Waals surface area contributed by atoms with Crippen LogP contribution in [-0.4, -0.2) is 29.6 Å². The first-order valence-electron chi connectivity index (χ1n) is 5.83. The van der Waals surface area contributed by atoms with Crippen LogP contribution in [0.25, 0.3) is 0 Å². The third-order valence-electron chi connectivity index (χ3n) is 3.26. The number of rotatable bonds is 3. The van der Waals surface area contributed by atoms with Gasteiger partial charge in [0.25, 0.3) is 0 Å². The minimum Gasteiger partial charge on any atom is -0.328 e. The molecule has 0 saturated carbocycles. The predicted molar refractivity (Wildman–Crippen MR) is 62.5 cm³/mol. The molecule has 0 radical (unpaired) electrons. The minimum atomic E-state index is -0.322. The van der Waals surface area contributed by atoms with Gasteiger partial charge >= 0.3 is 0 Å². The number of nitrogens with one attached hydrogen (secondary N) is 1. The second-order valence-corrected chi connectivity index (χ2v) is 5.90. The van der Waals surface area contributed by atoms with Crippen LogP contribution in [-0.2, 0) is 4.79 Å². The standard InChI is InChI=1S/C12H24N2O/c1-6-12(5)10(15)14(9-13-12)8-7-11(2,3)4/h13H,6-9H2,1-5H3. The fraction of sp³-hybridized carbons (Fsp3) is 0.917. The first-order chi connectivity index (χ1) is 6.78. The molecule has 15 heavy (non-hydrogen) atoms. The van der Waals surface area contributed by atoms with Crippen LogP contribution in [0.2, 0.25) is 0 Å². The molecule has 0 aromatic rings. The van der Waals surface area contributed by atoms with Crippen LogP contribution in [0.4, 0.5) is 0 Å². The van der Waals surface area contributed by atoms with Crippen LogP contribution in [0.1, 0.15) is 47.5 Å². The van der Waals surface area contributed by atoms with Gasteiger partial charge in [0, 0.05) is 6.54 Å². The fourth-order valence-electron chi connectivity index (χ4n) is 1.69. The number of carbonyl (C=O) groups is 1. The van der Waals surface area contributed by atoms with Gasteiger partial charge in [-0.2, -0.15) is 0 Å². The Labute approximate surface area is 93.2 Å². The van der Waals surface area contributed by atoms with E-state index in [9.17, 15) is 4.79 Å². The van der Waals surface area contributed by atoms with Crippen molar-refractivity contribution < 1.29 is 4.79 Å². The first kappa shape index (κ1) is 12.5. The highest BCUT2D eigenvalue weighted by atomic mass is 16.2. The van der Waals surface area contributed by atoms with E-state index in [1.165, 1.54) is 0 Å². The average molecular weight is 212 g/mol. The van der Waals surface area contributed by atoms with Gasteiger partial charge in [-0.05, 0) is 25.2 Å². The van der Waals surface area contributed by atoms with Gasteiger partial charge in [0.2, 0.25) is 5.91 Å². The van der Waals surface area contributed by atoms with E-state index in [-0.39, 0.29) is 11.4 Å². The van der Waals surface area contributed by atoms with Gasteiger partial charge in [-0.1, -0.05) is 27.7 Å². The first-order valence-corrected chi connectivity index (χ1v) is 5.83. The zero-order valence-electron chi connectivity index (χ0n) is 10.7. The van der Waals surface area contributed by atoms with Crippen molar-refractivity contribution in [2.24, 2.45) is 5.41 Å². The van der Waals surface area contributed by atoms with E-state index in [0.717, 1.165) is 19.4 Å². The molecule has 1 aliphatic heterocycles. The molecule has 3 nitrogen and oxygen atoms in total. The molecule has 1 saturated heterocycles. The van der Waals surface area contributed by atoms with Gasteiger partial charge in [0.05, 0.1) is 12.2 Å². The summed E-state index contributed by atoms with van der Waals surface area (Å²) in [5.74, 6) is 0.259. The quantitative estimate of drug-likeness (QED) is 0.776. The molecule has 0 bridgehead atoms.